The van der Waals surface area contributed by atoms with Gasteiger partial charge in [0.1, 0.15) is 0 Å². The lowest BCUT2D eigenvalue weighted by Crippen LogP contribution is -2.65. The van der Waals surface area contributed by atoms with Crippen LogP contribution in [0.15, 0.2) is 60.7 Å². The second kappa shape index (κ2) is 8.21. The molecule has 0 bridgehead atoms. The molecule has 0 saturated heterocycles. The van der Waals surface area contributed by atoms with Gasteiger partial charge in [-0.25, -0.2) is 12.7 Å². The number of hydrogen-bond donors (Lipinski definition) is 2. The minimum absolute atomic E-state index is 0.515. The number of rotatable bonds is 7. The fraction of sp³-hybridized carbons (Fsp3) is 0.350. The summed E-state index contributed by atoms with van der Waals surface area (Å²) in [5, 5.41) is 2.86. The molecule has 0 radical (unpaired) electrons. The maximum Gasteiger partial charge on any atom is 0.258 e. The zero-order valence-corrected chi connectivity index (χ0v) is 16.9. The third-order valence-corrected chi connectivity index (χ3v) is 7.13. The molecule has 2 rings (SSSR count). The van der Waals surface area contributed by atoms with E-state index in [4.69, 9.17) is 5.73 Å². The SMILES string of the molecule is CC(C)C(N)(C(=O)NC(c1ccccc1)c1ccccc1)S(=O)(=O)N(C)C. The fourth-order valence-corrected chi connectivity index (χ4v) is 4.37. The predicted octanol–water partition coefficient (Wildman–Crippen LogP) is 2.09. The molecule has 0 saturated carbocycles. The number of nitrogens with zero attached hydrogens (tertiary/aromatic N) is 1. The number of carbonyl (C=O) groups is 1. The molecule has 0 spiro atoms. The topological polar surface area (TPSA) is 92.5 Å². The highest BCUT2D eigenvalue weighted by molar-refractivity contribution is 7.91. The Hall–Kier alpha value is -2.22. The van der Waals surface area contributed by atoms with Crippen molar-refractivity contribution >= 4 is 15.9 Å². The van der Waals surface area contributed by atoms with Crippen LogP contribution < -0.4 is 11.1 Å². The number of hydrogen-bond acceptors (Lipinski definition) is 4. The van der Waals surface area contributed by atoms with Crippen LogP contribution in [0.5, 0.6) is 0 Å². The standard InChI is InChI=1S/C20H27N3O3S/c1-15(2)20(21,27(25,26)23(3)4)19(24)22-18(16-11-7-5-8-12-16)17-13-9-6-10-14-17/h5-15,18H,21H2,1-4H3,(H,22,24). The van der Waals surface area contributed by atoms with Gasteiger partial charge in [0.25, 0.3) is 5.91 Å². The monoisotopic (exact) mass is 389 g/mol. The Morgan fingerprint density at radius 2 is 1.37 bits per heavy atom. The molecule has 0 aliphatic rings. The van der Waals surface area contributed by atoms with Crippen molar-refractivity contribution in [2.75, 3.05) is 14.1 Å². The van der Waals surface area contributed by atoms with Gasteiger partial charge in [-0.2, -0.15) is 0 Å². The van der Waals surface area contributed by atoms with Crippen molar-refractivity contribution in [2.45, 2.75) is 24.8 Å². The zero-order valence-electron chi connectivity index (χ0n) is 16.1. The highest BCUT2D eigenvalue weighted by Crippen LogP contribution is 2.27. The van der Waals surface area contributed by atoms with Gasteiger partial charge in [-0.05, 0) is 17.0 Å². The molecule has 146 valence electrons. The second-order valence-electron chi connectivity index (χ2n) is 6.96. The Kier molecular flexibility index (Phi) is 6.41. The van der Waals surface area contributed by atoms with Crippen LogP contribution in [0.4, 0.5) is 0 Å². The molecule has 0 aliphatic heterocycles. The van der Waals surface area contributed by atoms with Crippen molar-refractivity contribution in [3.63, 3.8) is 0 Å². The number of amides is 1. The van der Waals surface area contributed by atoms with Gasteiger partial charge in [0, 0.05) is 14.1 Å². The Morgan fingerprint density at radius 1 is 0.963 bits per heavy atom. The molecule has 27 heavy (non-hydrogen) atoms. The van der Waals surface area contributed by atoms with Gasteiger partial charge in [0.15, 0.2) is 0 Å². The minimum atomic E-state index is -4.05. The Bertz CT molecular complexity index is 828. The third-order valence-electron chi connectivity index (χ3n) is 4.66. The number of benzene rings is 2. The largest absolute Gasteiger partial charge is 0.343 e. The van der Waals surface area contributed by atoms with Gasteiger partial charge < -0.3 is 11.1 Å². The molecule has 3 N–H and O–H groups in total. The first-order chi connectivity index (χ1) is 12.6. The molecule has 2 aromatic carbocycles. The lowest BCUT2D eigenvalue weighted by Gasteiger charge is -2.35. The summed E-state index contributed by atoms with van der Waals surface area (Å²) in [6, 6.07) is 18.2. The van der Waals surface area contributed by atoms with Crippen molar-refractivity contribution in [1.82, 2.24) is 9.62 Å². The van der Waals surface area contributed by atoms with Gasteiger partial charge >= 0.3 is 0 Å². The number of nitrogens with two attached hydrogens (primary N) is 1. The van der Waals surface area contributed by atoms with E-state index in [1.54, 1.807) is 13.8 Å². The normalized spacial score (nSPS) is 14.4. The molecule has 0 aliphatic carbocycles. The van der Waals surface area contributed by atoms with Gasteiger partial charge in [-0.1, -0.05) is 74.5 Å². The summed E-state index contributed by atoms with van der Waals surface area (Å²) in [7, 11) is -1.30. The zero-order chi connectivity index (χ0) is 20.2. The van der Waals surface area contributed by atoms with Crippen molar-refractivity contribution in [3.05, 3.63) is 71.8 Å². The van der Waals surface area contributed by atoms with Crippen molar-refractivity contribution in [3.8, 4) is 0 Å². The molecular weight excluding hydrogens is 362 g/mol. The van der Waals surface area contributed by atoms with Gasteiger partial charge in [0.05, 0.1) is 6.04 Å². The second-order valence-corrected chi connectivity index (χ2v) is 9.32. The summed E-state index contributed by atoms with van der Waals surface area (Å²) in [5.74, 6) is -1.36. The maximum atomic E-state index is 13.2. The highest BCUT2D eigenvalue weighted by Gasteiger charge is 2.51. The van der Waals surface area contributed by atoms with E-state index in [9.17, 15) is 13.2 Å². The van der Waals surface area contributed by atoms with Crippen LogP contribution in [0.1, 0.15) is 31.0 Å². The van der Waals surface area contributed by atoms with Gasteiger partial charge in [-0.3, -0.25) is 4.79 Å². The average Bonchev–Trinajstić information content (AvgIpc) is 2.66. The molecule has 2 aromatic rings. The Labute approximate surface area is 161 Å². The van der Waals surface area contributed by atoms with Crippen LogP contribution in [0.2, 0.25) is 0 Å². The van der Waals surface area contributed by atoms with Crippen molar-refractivity contribution < 1.29 is 13.2 Å². The fourth-order valence-electron chi connectivity index (χ4n) is 2.87. The van der Waals surface area contributed by atoms with Crippen LogP contribution in [0.3, 0.4) is 0 Å². The van der Waals surface area contributed by atoms with E-state index >= 15 is 0 Å². The molecule has 1 atom stereocenters. The van der Waals surface area contributed by atoms with E-state index in [0.717, 1.165) is 15.4 Å². The number of sulfonamides is 1. The summed E-state index contributed by atoms with van der Waals surface area (Å²) in [6.07, 6.45) is 0. The van der Waals surface area contributed by atoms with E-state index in [2.05, 4.69) is 5.32 Å². The Balaban J connectivity index is 2.49. The lowest BCUT2D eigenvalue weighted by atomic mass is 9.97. The van der Waals surface area contributed by atoms with E-state index in [0.29, 0.717) is 0 Å². The summed E-state index contributed by atoms with van der Waals surface area (Å²) < 4.78 is 26.7. The average molecular weight is 390 g/mol. The number of carbonyl (C=O) groups excluding carboxylic acids is 1. The molecule has 6 nitrogen and oxygen atoms in total. The molecule has 7 heteroatoms. The molecule has 0 fully saturated rings. The van der Waals surface area contributed by atoms with Crippen molar-refractivity contribution in [1.29, 1.82) is 0 Å². The predicted molar refractivity (Wildman–Crippen MR) is 107 cm³/mol. The third kappa shape index (κ3) is 4.05. The smallest absolute Gasteiger partial charge is 0.258 e. The molecule has 1 unspecified atom stereocenters. The first-order valence-corrected chi connectivity index (χ1v) is 10.2. The van der Waals surface area contributed by atoms with Crippen LogP contribution >= 0.6 is 0 Å². The summed E-state index contributed by atoms with van der Waals surface area (Å²) in [6.45, 7) is 3.25. The molecule has 1 amide bonds. The van der Waals surface area contributed by atoms with E-state index in [1.807, 2.05) is 60.7 Å². The molecule has 0 aromatic heterocycles. The van der Waals surface area contributed by atoms with E-state index in [-0.39, 0.29) is 0 Å². The summed E-state index contributed by atoms with van der Waals surface area (Å²) in [5.41, 5.74) is 7.90. The highest BCUT2D eigenvalue weighted by atomic mass is 32.2. The Morgan fingerprint density at radius 3 is 1.70 bits per heavy atom. The van der Waals surface area contributed by atoms with Gasteiger partial charge in [0.2, 0.25) is 14.9 Å². The van der Waals surface area contributed by atoms with Crippen LogP contribution in [-0.4, -0.2) is 37.6 Å². The molecular formula is C20H27N3O3S. The van der Waals surface area contributed by atoms with E-state index < -0.39 is 32.8 Å². The molecule has 0 heterocycles. The lowest BCUT2D eigenvalue weighted by molar-refractivity contribution is -0.125. The van der Waals surface area contributed by atoms with Gasteiger partial charge in [-0.15, -0.1) is 0 Å². The summed E-state index contributed by atoms with van der Waals surface area (Å²) >= 11 is 0. The summed E-state index contributed by atoms with van der Waals surface area (Å²) in [4.78, 5) is 11.1. The van der Waals surface area contributed by atoms with Crippen LogP contribution in [0.25, 0.3) is 0 Å². The van der Waals surface area contributed by atoms with E-state index in [1.165, 1.54) is 14.1 Å². The number of nitrogens with one attached hydrogen (secondary N) is 1. The van der Waals surface area contributed by atoms with Crippen LogP contribution in [-0.2, 0) is 14.8 Å². The van der Waals surface area contributed by atoms with Crippen molar-refractivity contribution in [2.24, 2.45) is 11.7 Å². The van der Waals surface area contributed by atoms with Crippen LogP contribution in [0, 0.1) is 5.92 Å². The first-order valence-electron chi connectivity index (χ1n) is 8.74. The first kappa shape index (κ1) is 21.1. The quantitative estimate of drug-likeness (QED) is 0.758. The minimum Gasteiger partial charge on any atom is -0.343 e. The maximum absolute atomic E-state index is 13.2.